The quantitative estimate of drug-likeness (QED) is 0.472. The zero-order valence-corrected chi connectivity index (χ0v) is 15.5. The molecular weight excluding hydrogens is 383 g/mol. The van der Waals surface area contributed by atoms with Crippen LogP contribution in [-0.4, -0.2) is 26.7 Å². The first kappa shape index (κ1) is 19.1. The van der Waals surface area contributed by atoms with Gasteiger partial charge >= 0.3 is 6.18 Å². The number of rotatable bonds is 6. The Morgan fingerprint density at radius 3 is 2.76 bits per heavy atom. The molecule has 0 bridgehead atoms. The molecule has 3 heterocycles. The summed E-state index contributed by atoms with van der Waals surface area (Å²) in [6, 6.07) is 10.6. The second-order valence-electron chi connectivity index (χ2n) is 6.65. The molecule has 2 N–H and O–H groups in total. The van der Waals surface area contributed by atoms with E-state index in [9.17, 15) is 13.2 Å². The topological polar surface area (TPSA) is 79.6 Å². The van der Waals surface area contributed by atoms with Crippen LogP contribution in [0.15, 0.2) is 47.0 Å². The van der Waals surface area contributed by atoms with Gasteiger partial charge in [0.05, 0.1) is 6.20 Å². The average Bonchev–Trinajstić information content (AvgIpc) is 3.30. The van der Waals surface area contributed by atoms with Crippen molar-refractivity contribution < 1.29 is 17.6 Å². The predicted molar refractivity (Wildman–Crippen MR) is 101 cm³/mol. The minimum Gasteiger partial charge on any atom is -0.454 e. The Hall–Kier alpha value is -3.20. The van der Waals surface area contributed by atoms with Gasteiger partial charge in [0.1, 0.15) is 22.8 Å². The third kappa shape index (κ3) is 4.29. The van der Waals surface area contributed by atoms with Gasteiger partial charge in [0.15, 0.2) is 5.76 Å². The van der Waals surface area contributed by atoms with Gasteiger partial charge in [-0.15, -0.1) is 0 Å². The molecule has 6 nitrogen and oxygen atoms in total. The van der Waals surface area contributed by atoms with Crippen molar-refractivity contribution in [3.05, 3.63) is 65.4 Å². The summed E-state index contributed by atoms with van der Waals surface area (Å²) in [6.07, 6.45) is -2.50. The molecule has 0 fully saturated rings. The van der Waals surface area contributed by atoms with Crippen LogP contribution in [0, 0.1) is 6.92 Å². The normalized spacial score (nSPS) is 12.0. The van der Waals surface area contributed by atoms with E-state index in [4.69, 9.17) is 4.42 Å². The maximum Gasteiger partial charge on any atom is 0.433 e. The van der Waals surface area contributed by atoms with Crippen LogP contribution in [0.4, 0.5) is 13.2 Å². The summed E-state index contributed by atoms with van der Waals surface area (Å²) in [5.41, 5.74) is 1.82. The third-order valence-electron chi connectivity index (χ3n) is 4.42. The number of furan rings is 1. The molecular formula is C20H18F3N5O. The zero-order valence-electron chi connectivity index (χ0n) is 15.5. The molecule has 0 spiro atoms. The molecule has 4 rings (SSSR count). The zero-order chi connectivity index (χ0) is 20.4. The summed E-state index contributed by atoms with van der Waals surface area (Å²) < 4.78 is 44.5. The molecule has 1 aromatic carbocycles. The van der Waals surface area contributed by atoms with E-state index >= 15 is 0 Å². The van der Waals surface area contributed by atoms with Crippen LogP contribution >= 0.6 is 0 Å². The van der Waals surface area contributed by atoms with Gasteiger partial charge < -0.3 is 9.73 Å². The molecule has 9 heteroatoms. The number of alkyl halides is 3. The van der Waals surface area contributed by atoms with E-state index in [2.05, 4.69) is 25.5 Å². The summed E-state index contributed by atoms with van der Waals surface area (Å²) in [5, 5.41) is 11.2. The van der Waals surface area contributed by atoms with Gasteiger partial charge in [-0.2, -0.15) is 18.3 Å². The highest BCUT2D eigenvalue weighted by Gasteiger charge is 2.33. The molecule has 4 aromatic rings. The minimum atomic E-state index is -4.48. The van der Waals surface area contributed by atoms with E-state index in [-0.39, 0.29) is 12.2 Å². The van der Waals surface area contributed by atoms with Crippen molar-refractivity contribution in [2.75, 3.05) is 6.54 Å². The lowest BCUT2D eigenvalue weighted by Crippen LogP contribution is -2.19. The van der Waals surface area contributed by atoms with Crippen molar-refractivity contribution >= 4 is 11.0 Å². The molecule has 3 aromatic heterocycles. The number of aromatic amines is 1. The first-order valence-corrected chi connectivity index (χ1v) is 9.04. The van der Waals surface area contributed by atoms with Crippen LogP contribution in [0.25, 0.3) is 22.4 Å². The lowest BCUT2D eigenvalue weighted by atomic mass is 10.2. The number of halogens is 3. The van der Waals surface area contributed by atoms with Crippen LogP contribution in [0.1, 0.15) is 22.8 Å². The van der Waals surface area contributed by atoms with E-state index in [0.29, 0.717) is 24.5 Å². The number of nitrogens with zero attached hydrogens (tertiary/aromatic N) is 3. The van der Waals surface area contributed by atoms with Crippen molar-refractivity contribution in [2.45, 2.75) is 26.1 Å². The Morgan fingerprint density at radius 1 is 1.14 bits per heavy atom. The van der Waals surface area contributed by atoms with Gasteiger partial charge in [0, 0.05) is 36.2 Å². The third-order valence-corrected chi connectivity index (χ3v) is 4.42. The Bertz CT molecular complexity index is 1100. The molecule has 0 aliphatic heterocycles. The fourth-order valence-corrected chi connectivity index (χ4v) is 3.07. The predicted octanol–water partition coefficient (Wildman–Crippen LogP) is 4.27. The number of hydrogen-bond donors (Lipinski definition) is 2. The molecule has 0 saturated heterocycles. The van der Waals surface area contributed by atoms with Crippen LogP contribution in [0.2, 0.25) is 0 Å². The Kier molecular flexibility index (Phi) is 5.06. The highest BCUT2D eigenvalue weighted by molar-refractivity contribution is 5.82. The largest absolute Gasteiger partial charge is 0.454 e. The van der Waals surface area contributed by atoms with E-state index in [0.717, 1.165) is 28.3 Å². The van der Waals surface area contributed by atoms with E-state index < -0.39 is 11.9 Å². The molecule has 0 unspecified atom stereocenters. The lowest BCUT2D eigenvalue weighted by Gasteiger charge is -2.09. The van der Waals surface area contributed by atoms with Crippen LogP contribution in [-0.2, 0) is 19.1 Å². The SMILES string of the molecule is Cc1cc(C(F)(F)F)nc(CCNCc2cn[nH]c2-c2cc3ccccc3o2)n1. The maximum atomic E-state index is 12.9. The number of fused-ring (bicyclic) bond motifs is 1. The van der Waals surface area contributed by atoms with Crippen LogP contribution in [0.3, 0.4) is 0 Å². The Balaban J connectivity index is 1.40. The van der Waals surface area contributed by atoms with Gasteiger partial charge in [0.2, 0.25) is 0 Å². The fourth-order valence-electron chi connectivity index (χ4n) is 3.07. The molecule has 0 aliphatic rings. The van der Waals surface area contributed by atoms with Gasteiger partial charge in [-0.25, -0.2) is 9.97 Å². The molecule has 150 valence electrons. The average molecular weight is 401 g/mol. The van der Waals surface area contributed by atoms with E-state index in [1.165, 1.54) is 6.92 Å². The number of hydrogen-bond acceptors (Lipinski definition) is 5. The summed E-state index contributed by atoms with van der Waals surface area (Å²) in [6.45, 7) is 2.42. The van der Waals surface area contributed by atoms with Crippen molar-refractivity contribution in [1.29, 1.82) is 0 Å². The Morgan fingerprint density at radius 2 is 1.97 bits per heavy atom. The highest BCUT2D eigenvalue weighted by Crippen LogP contribution is 2.29. The van der Waals surface area contributed by atoms with Crippen LogP contribution in [0.5, 0.6) is 0 Å². The smallest absolute Gasteiger partial charge is 0.433 e. The summed E-state index contributed by atoms with van der Waals surface area (Å²) >= 11 is 0. The number of benzene rings is 1. The fraction of sp³-hybridized carbons (Fsp3) is 0.250. The van der Waals surface area contributed by atoms with Crippen LogP contribution < -0.4 is 5.32 Å². The molecule has 0 saturated carbocycles. The van der Waals surface area contributed by atoms with Gasteiger partial charge in [-0.1, -0.05) is 18.2 Å². The van der Waals surface area contributed by atoms with Crippen molar-refractivity contribution in [1.82, 2.24) is 25.5 Å². The minimum absolute atomic E-state index is 0.162. The second-order valence-corrected chi connectivity index (χ2v) is 6.65. The Labute approximate surface area is 164 Å². The molecule has 29 heavy (non-hydrogen) atoms. The molecule has 0 amide bonds. The molecule has 0 aliphatic carbocycles. The number of para-hydroxylation sites is 1. The highest BCUT2D eigenvalue weighted by atomic mass is 19.4. The first-order valence-electron chi connectivity index (χ1n) is 9.04. The van der Waals surface area contributed by atoms with Gasteiger partial charge in [-0.3, -0.25) is 5.10 Å². The summed E-state index contributed by atoms with van der Waals surface area (Å²) in [5.74, 6) is 0.840. The number of nitrogens with one attached hydrogen (secondary N) is 2. The van der Waals surface area contributed by atoms with E-state index in [1.54, 1.807) is 6.20 Å². The number of aryl methyl sites for hydroxylation is 1. The summed E-state index contributed by atoms with van der Waals surface area (Å²) in [7, 11) is 0. The van der Waals surface area contributed by atoms with E-state index in [1.807, 2.05) is 30.3 Å². The van der Waals surface area contributed by atoms with Crippen molar-refractivity contribution in [3.63, 3.8) is 0 Å². The maximum absolute atomic E-state index is 12.9. The second kappa shape index (κ2) is 7.67. The first-order chi connectivity index (χ1) is 13.9. The monoisotopic (exact) mass is 401 g/mol. The molecule has 0 radical (unpaired) electrons. The summed E-state index contributed by atoms with van der Waals surface area (Å²) in [4.78, 5) is 7.71. The lowest BCUT2D eigenvalue weighted by molar-refractivity contribution is -0.141. The van der Waals surface area contributed by atoms with Crippen molar-refractivity contribution in [2.24, 2.45) is 0 Å². The number of aromatic nitrogens is 4. The standard InChI is InChI=1S/C20H18F3N5O/c1-12-8-17(20(21,22)23)27-18(26-12)6-7-24-10-14-11-25-28-19(14)16-9-13-4-2-3-5-15(13)29-16/h2-5,8-9,11,24H,6-7,10H2,1H3,(H,25,28). The number of H-pyrrole nitrogens is 1. The molecule has 0 atom stereocenters. The van der Waals surface area contributed by atoms with Crippen molar-refractivity contribution in [3.8, 4) is 11.5 Å². The van der Waals surface area contributed by atoms with Gasteiger partial charge in [-0.05, 0) is 25.1 Å². The van der Waals surface area contributed by atoms with Gasteiger partial charge in [0.25, 0.3) is 0 Å².